The maximum atomic E-state index is 10.5. The van der Waals surface area contributed by atoms with Gasteiger partial charge in [0.15, 0.2) is 5.60 Å². The molecule has 5 heteroatoms. The summed E-state index contributed by atoms with van der Waals surface area (Å²) in [6, 6.07) is 0. The van der Waals surface area contributed by atoms with Gasteiger partial charge in [0.2, 0.25) is 0 Å². The van der Waals surface area contributed by atoms with E-state index in [2.05, 4.69) is 0 Å². The molecule has 2 unspecified atom stereocenters. The van der Waals surface area contributed by atoms with Gasteiger partial charge in [-0.2, -0.15) is 0 Å². The molecule has 0 radical (unpaired) electrons. The highest BCUT2D eigenvalue weighted by Gasteiger charge is 2.41. The number of aliphatic carboxylic acids is 1. The normalized spacial score (nSPS) is 27.9. The average molecular weight is 254 g/mol. The SMILES string of the molecule is COC1=CC(C=CC(=O)O)=CC(OC)C1(C)OC. The summed E-state index contributed by atoms with van der Waals surface area (Å²) in [6.07, 6.45) is 5.74. The number of hydrogen-bond acceptors (Lipinski definition) is 4. The van der Waals surface area contributed by atoms with Crippen LogP contribution < -0.4 is 0 Å². The molecule has 2 atom stereocenters. The van der Waals surface area contributed by atoms with E-state index in [1.54, 1.807) is 33.5 Å². The van der Waals surface area contributed by atoms with Gasteiger partial charge >= 0.3 is 5.97 Å². The van der Waals surface area contributed by atoms with E-state index in [-0.39, 0.29) is 6.10 Å². The van der Waals surface area contributed by atoms with Gasteiger partial charge in [0.25, 0.3) is 0 Å². The molecule has 0 saturated heterocycles. The Morgan fingerprint density at radius 3 is 2.56 bits per heavy atom. The topological polar surface area (TPSA) is 65.0 Å². The Kier molecular flexibility index (Phi) is 4.69. The molecule has 0 aromatic carbocycles. The minimum Gasteiger partial charge on any atom is -0.498 e. The molecule has 0 saturated carbocycles. The number of rotatable bonds is 5. The summed E-state index contributed by atoms with van der Waals surface area (Å²) in [5.41, 5.74) is -0.0139. The first-order valence-corrected chi connectivity index (χ1v) is 5.45. The first-order chi connectivity index (χ1) is 8.47. The number of carboxylic acid groups (broad SMARTS) is 1. The zero-order valence-corrected chi connectivity index (χ0v) is 11.0. The fourth-order valence-electron chi connectivity index (χ4n) is 1.86. The number of hydrogen-bond donors (Lipinski definition) is 1. The molecule has 1 aliphatic carbocycles. The van der Waals surface area contributed by atoms with Gasteiger partial charge < -0.3 is 19.3 Å². The highest BCUT2D eigenvalue weighted by atomic mass is 16.6. The zero-order valence-electron chi connectivity index (χ0n) is 11.0. The van der Waals surface area contributed by atoms with Gasteiger partial charge in [0.1, 0.15) is 11.9 Å². The van der Waals surface area contributed by atoms with Crippen LogP contribution in [-0.2, 0) is 19.0 Å². The number of allylic oxidation sites excluding steroid dienone is 3. The molecule has 0 aromatic heterocycles. The van der Waals surface area contributed by atoms with E-state index in [9.17, 15) is 4.79 Å². The van der Waals surface area contributed by atoms with Crippen LogP contribution in [0.1, 0.15) is 6.92 Å². The van der Waals surface area contributed by atoms with Crippen LogP contribution in [0.4, 0.5) is 0 Å². The van der Waals surface area contributed by atoms with Crippen LogP contribution in [0.25, 0.3) is 0 Å². The van der Waals surface area contributed by atoms with Crippen LogP contribution in [0.3, 0.4) is 0 Å². The molecule has 0 bridgehead atoms. The molecule has 5 nitrogen and oxygen atoms in total. The molecule has 1 N–H and O–H groups in total. The van der Waals surface area contributed by atoms with Crippen molar-refractivity contribution in [3.8, 4) is 0 Å². The first-order valence-electron chi connectivity index (χ1n) is 5.45. The molecule has 0 spiro atoms. The summed E-state index contributed by atoms with van der Waals surface area (Å²) in [6.45, 7) is 1.85. The van der Waals surface area contributed by atoms with E-state index < -0.39 is 11.6 Å². The van der Waals surface area contributed by atoms with E-state index in [1.165, 1.54) is 6.08 Å². The highest BCUT2D eigenvalue weighted by molar-refractivity contribution is 5.80. The van der Waals surface area contributed by atoms with Crippen LogP contribution in [0.2, 0.25) is 0 Å². The first kappa shape index (κ1) is 14.5. The Morgan fingerprint density at radius 2 is 2.11 bits per heavy atom. The van der Waals surface area contributed by atoms with Gasteiger partial charge in [0, 0.05) is 20.3 Å². The van der Waals surface area contributed by atoms with Crippen molar-refractivity contribution in [1.82, 2.24) is 0 Å². The molecule has 1 rings (SSSR count). The molecule has 18 heavy (non-hydrogen) atoms. The third kappa shape index (κ3) is 2.80. The molecule has 1 aliphatic rings. The van der Waals surface area contributed by atoms with Crippen molar-refractivity contribution < 1.29 is 24.1 Å². The molecular weight excluding hydrogens is 236 g/mol. The molecule has 100 valence electrons. The summed E-state index contributed by atoms with van der Waals surface area (Å²) in [5.74, 6) is -0.415. The Balaban J connectivity index is 3.11. The van der Waals surface area contributed by atoms with Gasteiger partial charge in [-0.05, 0) is 30.7 Å². The quantitative estimate of drug-likeness (QED) is 0.753. The van der Waals surface area contributed by atoms with Crippen LogP contribution in [0.5, 0.6) is 0 Å². The highest BCUT2D eigenvalue weighted by Crippen LogP contribution is 2.33. The summed E-state index contributed by atoms with van der Waals surface area (Å²) >= 11 is 0. The fourth-order valence-corrected chi connectivity index (χ4v) is 1.86. The van der Waals surface area contributed by atoms with E-state index >= 15 is 0 Å². The third-order valence-corrected chi connectivity index (χ3v) is 2.99. The molecule has 0 aliphatic heterocycles. The Hall–Kier alpha value is -1.59. The predicted octanol–water partition coefficient (Wildman–Crippen LogP) is 1.52. The van der Waals surface area contributed by atoms with Crippen molar-refractivity contribution in [2.24, 2.45) is 0 Å². The number of ether oxygens (including phenoxy) is 3. The molecule has 0 amide bonds. The Labute approximate surface area is 106 Å². The monoisotopic (exact) mass is 254 g/mol. The van der Waals surface area contributed by atoms with E-state index in [4.69, 9.17) is 19.3 Å². The molecule has 0 aromatic rings. The van der Waals surface area contributed by atoms with Gasteiger partial charge in [-0.15, -0.1) is 0 Å². The number of methoxy groups -OCH3 is 3. The van der Waals surface area contributed by atoms with Crippen LogP contribution in [0, 0.1) is 0 Å². The van der Waals surface area contributed by atoms with Crippen LogP contribution in [-0.4, -0.2) is 44.1 Å². The maximum Gasteiger partial charge on any atom is 0.328 e. The lowest BCUT2D eigenvalue weighted by Gasteiger charge is -2.37. The van der Waals surface area contributed by atoms with Gasteiger partial charge in [-0.25, -0.2) is 4.79 Å². The van der Waals surface area contributed by atoms with Gasteiger partial charge in [0.05, 0.1) is 7.11 Å². The van der Waals surface area contributed by atoms with Crippen molar-refractivity contribution >= 4 is 5.97 Å². The third-order valence-electron chi connectivity index (χ3n) is 2.99. The van der Waals surface area contributed by atoms with Gasteiger partial charge in [-0.3, -0.25) is 0 Å². The van der Waals surface area contributed by atoms with Crippen LogP contribution >= 0.6 is 0 Å². The van der Waals surface area contributed by atoms with E-state index in [0.717, 1.165) is 6.08 Å². The number of carboxylic acids is 1. The summed E-state index contributed by atoms with van der Waals surface area (Å²) in [5, 5.41) is 8.62. The van der Waals surface area contributed by atoms with Crippen molar-refractivity contribution in [2.75, 3.05) is 21.3 Å². The maximum absolute atomic E-state index is 10.5. The molecule has 0 heterocycles. The lowest BCUT2D eigenvalue weighted by atomic mass is 9.88. The minimum absolute atomic E-state index is 0.351. The van der Waals surface area contributed by atoms with E-state index in [1.807, 2.05) is 6.92 Å². The van der Waals surface area contributed by atoms with Crippen molar-refractivity contribution in [3.63, 3.8) is 0 Å². The second-order valence-corrected chi connectivity index (χ2v) is 4.02. The van der Waals surface area contributed by atoms with Crippen molar-refractivity contribution in [1.29, 1.82) is 0 Å². The van der Waals surface area contributed by atoms with E-state index in [0.29, 0.717) is 11.3 Å². The lowest BCUT2D eigenvalue weighted by molar-refractivity contribution is -0.131. The summed E-state index contributed by atoms with van der Waals surface area (Å²) < 4.78 is 16.1. The smallest absolute Gasteiger partial charge is 0.328 e. The zero-order chi connectivity index (χ0) is 13.8. The fraction of sp³-hybridized carbons (Fsp3) is 0.462. The summed E-state index contributed by atoms with van der Waals surface area (Å²) in [7, 11) is 4.68. The largest absolute Gasteiger partial charge is 0.498 e. The van der Waals surface area contributed by atoms with Gasteiger partial charge in [-0.1, -0.05) is 0 Å². The average Bonchev–Trinajstić information content (AvgIpc) is 2.37. The number of carbonyl (C=O) groups is 1. The minimum atomic E-state index is -1.00. The Bertz CT molecular complexity index is 408. The van der Waals surface area contributed by atoms with Crippen molar-refractivity contribution in [2.45, 2.75) is 18.6 Å². The van der Waals surface area contributed by atoms with Crippen LogP contribution in [0.15, 0.2) is 35.6 Å². The standard InChI is InChI=1S/C13H18O5/c1-13(18-4)10(16-2)7-9(5-6-12(14)15)8-11(13)17-3/h5-8,10H,1-4H3,(H,14,15). The lowest BCUT2D eigenvalue weighted by Crippen LogP contribution is -2.45. The molecule has 0 fully saturated rings. The second kappa shape index (κ2) is 5.84. The summed E-state index contributed by atoms with van der Waals surface area (Å²) in [4.78, 5) is 10.5. The second-order valence-electron chi connectivity index (χ2n) is 4.02. The Morgan fingerprint density at radius 1 is 1.44 bits per heavy atom. The predicted molar refractivity (Wildman–Crippen MR) is 66.2 cm³/mol. The molecular formula is C13H18O5. The van der Waals surface area contributed by atoms with Crippen molar-refractivity contribution in [3.05, 3.63) is 35.6 Å².